The normalized spacial score (nSPS) is 10.7. The van der Waals surface area contributed by atoms with Crippen LogP contribution >= 0.6 is 19.8 Å². The second-order valence-electron chi connectivity index (χ2n) is 2.44. The summed E-state index contributed by atoms with van der Waals surface area (Å²) in [7, 11) is -3.67. The molecule has 8 nitrogen and oxygen atoms in total. The summed E-state index contributed by atoms with van der Waals surface area (Å²) in [5.74, 6) is -0.538. The van der Waals surface area contributed by atoms with Crippen LogP contribution in [-0.2, 0) is 16.3 Å². The van der Waals surface area contributed by atoms with E-state index in [9.17, 15) is 14.6 Å². The van der Waals surface area contributed by atoms with Gasteiger partial charge in [0.15, 0.2) is 0 Å². The van der Waals surface area contributed by atoms with Crippen molar-refractivity contribution < 1.29 is 24.8 Å². The highest BCUT2D eigenvalue weighted by atomic mass is 127. The van der Waals surface area contributed by atoms with Crippen LogP contribution in [0.1, 0.15) is 0 Å². The molecule has 0 saturated heterocycles. The predicted molar refractivity (Wildman–Crippen MR) is 61.2 cm³/mol. The SMILES string of the molecule is NS(N)(=O)=O.O=I(=O)c1ccc(O)cc1O. The average molecular weight is 364 g/mol. The van der Waals surface area contributed by atoms with Crippen molar-refractivity contribution in [1.29, 1.82) is 0 Å². The maximum atomic E-state index is 10.4. The lowest BCUT2D eigenvalue weighted by Gasteiger charge is -1.94. The third-order valence-corrected chi connectivity index (χ3v) is 2.96. The summed E-state index contributed by atoms with van der Waals surface area (Å²) in [6.45, 7) is 0. The first kappa shape index (κ1) is 15.0. The monoisotopic (exact) mass is 364 g/mol. The van der Waals surface area contributed by atoms with Gasteiger partial charge >= 0.3 is 19.8 Å². The third-order valence-electron chi connectivity index (χ3n) is 1.10. The van der Waals surface area contributed by atoms with E-state index in [1.54, 1.807) is 0 Å². The molecule has 0 aliphatic heterocycles. The summed E-state index contributed by atoms with van der Waals surface area (Å²) in [6.07, 6.45) is 0. The van der Waals surface area contributed by atoms with E-state index in [1.165, 1.54) is 12.1 Å². The molecule has 0 saturated carbocycles. The van der Waals surface area contributed by atoms with Gasteiger partial charge in [-0.3, -0.25) is 0 Å². The van der Waals surface area contributed by atoms with Gasteiger partial charge in [-0.25, -0.2) is 16.4 Å². The second-order valence-corrected chi connectivity index (χ2v) is 6.02. The van der Waals surface area contributed by atoms with Gasteiger partial charge in [0.25, 0.3) is 10.2 Å². The van der Waals surface area contributed by atoms with Gasteiger partial charge in [-0.2, -0.15) is 8.42 Å². The molecule has 6 N–H and O–H groups in total. The number of rotatable bonds is 1. The highest BCUT2D eigenvalue weighted by molar-refractivity contribution is 14.2. The Morgan fingerprint density at radius 1 is 1.12 bits per heavy atom. The van der Waals surface area contributed by atoms with Crippen molar-refractivity contribution >= 4 is 30.0 Å². The minimum Gasteiger partial charge on any atom is -0.508 e. The summed E-state index contributed by atoms with van der Waals surface area (Å²) in [5.41, 5.74) is 0. The second kappa shape index (κ2) is 5.93. The lowest BCUT2D eigenvalue weighted by Crippen LogP contribution is -2.21. The van der Waals surface area contributed by atoms with E-state index >= 15 is 0 Å². The zero-order chi connectivity index (χ0) is 12.9. The summed E-state index contributed by atoms with van der Waals surface area (Å²) >= 11 is -3.61. The van der Waals surface area contributed by atoms with Crippen molar-refractivity contribution in [2.75, 3.05) is 0 Å². The first-order valence-electron chi connectivity index (χ1n) is 3.49. The van der Waals surface area contributed by atoms with Gasteiger partial charge < -0.3 is 10.2 Å². The van der Waals surface area contributed by atoms with E-state index in [4.69, 9.17) is 10.2 Å². The Labute approximate surface area is 98.2 Å². The number of nitrogens with two attached hydrogens (primary N) is 2. The molecule has 0 spiro atoms. The Hall–Kier alpha value is -0.980. The third kappa shape index (κ3) is 7.33. The minimum absolute atomic E-state index is 0.0907. The molecule has 0 amide bonds. The highest BCUT2D eigenvalue weighted by Gasteiger charge is 2.05. The Morgan fingerprint density at radius 3 is 1.88 bits per heavy atom. The summed E-state index contributed by atoms with van der Waals surface area (Å²) in [4.78, 5) is 0. The molecule has 16 heavy (non-hydrogen) atoms. The van der Waals surface area contributed by atoms with Crippen LogP contribution in [0.2, 0.25) is 0 Å². The van der Waals surface area contributed by atoms with Crippen molar-refractivity contribution in [3.8, 4) is 11.5 Å². The van der Waals surface area contributed by atoms with Gasteiger partial charge in [-0.15, -0.1) is 0 Å². The van der Waals surface area contributed by atoms with Crippen molar-refractivity contribution in [1.82, 2.24) is 0 Å². The molecular weight excluding hydrogens is 355 g/mol. The number of phenols is 2. The van der Waals surface area contributed by atoms with Crippen LogP contribution in [0.25, 0.3) is 0 Å². The van der Waals surface area contributed by atoms with Crippen molar-refractivity contribution in [2.24, 2.45) is 10.3 Å². The van der Waals surface area contributed by atoms with Gasteiger partial charge in [0, 0.05) is 6.07 Å². The van der Waals surface area contributed by atoms with Crippen LogP contribution in [0, 0.1) is 3.57 Å². The van der Waals surface area contributed by atoms with Crippen LogP contribution in [0.5, 0.6) is 11.5 Å². The topological polar surface area (TPSA) is 161 Å². The molecule has 10 heteroatoms. The maximum absolute atomic E-state index is 10.4. The van der Waals surface area contributed by atoms with Gasteiger partial charge in [0.1, 0.15) is 15.1 Å². The lowest BCUT2D eigenvalue weighted by atomic mass is 10.3. The summed E-state index contributed by atoms with van der Waals surface area (Å²) < 4.78 is 39.1. The lowest BCUT2D eigenvalue weighted by molar-refractivity contribution is 0.448. The molecular formula is C6H9IN2O6S. The fourth-order valence-electron chi connectivity index (χ4n) is 0.632. The Kier molecular flexibility index (Phi) is 5.57. The molecule has 1 rings (SSSR count). The van der Waals surface area contributed by atoms with Crippen molar-refractivity contribution in [3.05, 3.63) is 21.8 Å². The number of phenolic OH excluding ortho intramolecular Hbond substituents is 2. The number of aromatic hydroxyl groups is 2. The van der Waals surface area contributed by atoms with Crippen LogP contribution in [0.4, 0.5) is 0 Å². The summed E-state index contributed by atoms with van der Waals surface area (Å²) in [5, 5.41) is 25.9. The predicted octanol–water partition coefficient (Wildman–Crippen LogP) is -0.387. The number of halogens is 1. The van der Waals surface area contributed by atoms with E-state index in [0.29, 0.717) is 0 Å². The Balaban J connectivity index is 0.000000385. The van der Waals surface area contributed by atoms with Crippen LogP contribution in [0.3, 0.4) is 0 Å². The Morgan fingerprint density at radius 2 is 1.56 bits per heavy atom. The summed E-state index contributed by atoms with van der Waals surface area (Å²) in [6, 6.07) is 3.39. The number of benzene rings is 1. The zero-order valence-electron chi connectivity index (χ0n) is 7.70. The van der Waals surface area contributed by atoms with E-state index in [-0.39, 0.29) is 15.1 Å². The molecule has 92 valence electrons. The minimum atomic E-state index is -3.67. The highest BCUT2D eigenvalue weighted by Crippen LogP contribution is 2.29. The molecule has 0 aromatic heterocycles. The largest absolute Gasteiger partial charge is 0.508 e. The number of hydrogen-bond donors (Lipinski definition) is 4. The molecule has 0 fully saturated rings. The smallest absolute Gasteiger partial charge is 0.344 e. The fourth-order valence-corrected chi connectivity index (χ4v) is 1.71. The molecule has 0 heterocycles. The molecule has 0 radical (unpaired) electrons. The first-order valence-corrected chi connectivity index (χ1v) is 7.94. The molecule has 0 unspecified atom stereocenters. The molecule has 0 atom stereocenters. The Bertz CT molecular complexity index is 522. The van der Waals surface area contributed by atoms with E-state index in [1.807, 2.05) is 0 Å². The van der Waals surface area contributed by atoms with E-state index in [0.717, 1.165) is 6.07 Å². The van der Waals surface area contributed by atoms with Crippen molar-refractivity contribution in [2.45, 2.75) is 0 Å². The van der Waals surface area contributed by atoms with Crippen LogP contribution < -0.4 is 10.3 Å². The van der Waals surface area contributed by atoms with Gasteiger partial charge in [-0.05, 0) is 12.1 Å². The molecule has 1 aromatic carbocycles. The van der Waals surface area contributed by atoms with Gasteiger partial charge in [0.2, 0.25) is 0 Å². The maximum Gasteiger partial charge on any atom is 0.344 e. The van der Waals surface area contributed by atoms with Gasteiger partial charge in [-0.1, -0.05) is 0 Å². The average Bonchev–Trinajstić information content (AvgIpc) is 1.99. The van der Waals surface area contributed by atoms with Gasteiger partial charge in [0.05, 0.1) is 0 Å². The van der Waals surface area contributed by atoms with Crippen molar-refractivity contribution in [3.63, 3.8) is 0 Å². The standard InChI is InChI=1S/C6H5IO4.H4N2O2S/c8-4-1-2-5(7(10)11)6(9)3-4;1-5(2,3)4/h1-3,8-9H;(H4,1,2,3,4). The van der Waals surface area contributed by atoms with Crippen LogP contribution in [-0.4, -0.2) is 18.6 Å². The zero-order valence-corrected chi connectivity index (χ0v) is 10.7. The first-order chi connectivity index (χ1) is 7.11. The van der Waals surface area contributed by atoms with Crippen LogP contribution in [0.15, 0.2) is 18.2 Å². The number of hydrogen-bond acceptors (Lipinski definition) is 6. The molecule has 1 aromatic rings. The van der Waals surface area contributed by atoms with E-state index < -0.39 is 30.0 Å². The molecule has 0 aliphatic rings. The molecule has 0 aliphatic carbocycles. The quantitative estimate of drug-likeness (QED) is 0.497. The fraction of sp³-hybridized carbons (Fsp3) is 0. The molecule has 0 bridgehead atoms. The van der Waals surface area contributed by atoms with E-state index in [2.05, 4.69) is 10.3 Å².